The highest BCUT2D eigenvalue weighted by molar-refractivity contribution is 5.70. The Morgan fingerprint density at radius 2 is 2.00 bits per heavy atom. The Balaban J connectivity index is 1.96. The summed E-state index contributed by atoms with van der Waals surface area (Å²) >= 11 is 0. The maximum Gasteiger partial charge on any atom is 0.177 e. The Morgan fingerprint density at radius 3 is 2.82 bits per heavy atom. The number of aromatic nitrogens is 3. The van der Waals surface area contributed by atoms with Crippen LogP contribution < -0.4 is 0 Å². The van der Waals surface area contributed by atoms with E-state index in [0.717, 1.165) is 11.4 Å². The van der Waals surface area contributed by atoms with Gasteiger partial charge >= 0.3 is 0 Å². The first-order chi connectivity index (χ1) is 8.31. The van der Waals surface area contributed by atoms with Crippen molar-refractivity contribution >= 4 is 11.2 Å². The van der Waals surface area contributed by atoms with Crippen molar-refractivity contribution < 1.29 is 4.39 Å². The Hall–Kier alpha value is -2.23. The molecule has 1 N–H and O–H groups in total. The molecule has 3 rings (SSSR count). The van der Waals surface area contributed by atoms with E-state index in [1.165, 1.54) is 12.3 Å². The predicted molar refractivity (Wildman–Crippen MR) is 63.1 cm³/mol. The van der Waals surface area contributed by atoms with Crippen molar-refractivity contribution in [3.05, 3.63) is 59.8 Å². The average Bonchev–Trinajstić information content (AvgIpc) is 2.71. The molecule has 3 nitrogen and oxygen atoms in total. The van der Waals surface area contributed by atoms with E-state index < -0.39 is 0 Å². The van der Waals surface area contributed by atoms with Crippen LogP contribution in [0.4, 0.5) is 4.39 Å². The first kappa shape index (κ1) is 9.96. The van der Waals surface area contributed by atoms with Gasteiger partial charge in [0.2, 0.25) is 0 Å². The van der Waals surface area contributed by atoms with Gasteiger partial charge in [-0.3, -0.25) is 0 Å². The molecule has 0 fully saturated rings. The Bertz CT molecular complexity index is 646. The molecule has 0 unspecified atom stereocenters. The van der Waals surface area contributed by atoms with Crippen molar-refractivity contribution in [2.45, 2.75) is 6.42 Å². The topological polar surface area (TPSA) is 41.6 Å². The number of nitrogens with one attached hydrogen (secondary N) is 1. The number of fused-ring (bicyclic) bond motifs is 1. The first-order valence-corrected chi connectivity index (χ1v) is 5.35. The molecule has 2 aromatic heterocycles. The third-order valence-electron chi connectivity index (χ3n) is 2.57. The lowest BCUT2D eigenvalue weighted by molar-refractivity contribution is 0.624. The molecule has 4 heteroatoms. The van der Waals surface area contributed by atoms with E-state index in [2.05, 4.69) is 15.0 Å². The van der Waals surface area contributed by atoms with Gasteiger partial charge in [0.15, 0.2) is 5.65 Å². The summed E-state index contributed by atoms with van der Waals surface area (Å²) in [6, 6.07) is 11.4. The molecule has 0 saturated heterocycles. The molecule has 2 heterocycles. The maximum absolute atomic E-state index is 13.0. The number of imidazole rings is 1. The lowest BCUT2D eigenvalue weighted by atomic mass is 10.1. The van der Waals surface area contributed by atoms with E-state index in [-0.39, 0.29) is 5.82 Å². The average molecular weight is 227 g/mol. The number of H-pyrrole nitrogens is 1. The Morgan fingerprint density at radius 1 is 1.18 bits per heavy atom. The Kier molecular flexibility index (Phi) is 2.33. The molecular weight excluding hydrogens is 217 g/mol. The molecule has 1 aromatic carbocycles. The van der Waals surface area contributed by atoms with Gasteiger partial charge in [-0.25, -0.2) is 14.4 Å². The number of hydrogen-bond acceptors (Lipinski definition) is 2. The molecule has 84 valence electrons. The summed E-state index contributed by atoms with van der Waals surface area (Å²) in [5.41, 5.74) is 2.35. The highest BCUT2D eigenvalue weighted by atomic mass is 19.1. The fourth-order valence-corrected chi connectivity index (χ4v) is 1.80. The van der Waals surface area contributed by atoms with Gasteiger partial charge in [-0.1, -0.05) is 30.3 Å². The molecular formula is C13H10FN3. The number of halogens is 1. The third-order valence-corrected chi connectivity index (χ3v) is 2.57. The second-order valence-electron chi connectivity index (χ2n) is 3.87. The van der Waals surface area contributed by atoms with Gasteiger partial charge in [0.25, 0.3) is 0 Å². The van der Waals surface area contributed by atoms with Crippen LogP contribution in [0.2, 0.25) is 0 Å². The van der Waals surface area contributed by atoms with E-state index in [1.54, 1.807) is 0 Å². The van der Waals surface area contributed by atoms with E-state index in [4.69, 9.17) is 0 Å². The van der Waals surface area contributed by atoms with Crippen molar-refractivity contribution in [1.29, 1.82) is 0 Å². The number of aromatic amines is 1. The molecule has 0 amide bonds. The zero-order chi connectivity index (χ0) is 11.7. The zero-order valence-corrected chi connectivity index (χ0v) is 9.02. The molecule has 0 atom stereocenters. The lowest BCUT2D eigenvalue weighted by Crippen LogP contribution is -1.89. The van der Waals surface area contributed by atoms with Crippen LogP contribution in [-0.4, -0.2) is 15.0 Å². The van der Waals surface area contributed by atoms with Crippen LogP contribution in [0.5, 0.6) is 0 Å². The molecule has 0 radical (unpaired) electrons. The monoisotopic (exact) mass is 227 g/mol. The van der Waals surface area contributed by atoms with Crippen LogP contribution >= 0.6 is 0 Å². The van der Waals surface area contributed by atoms with E-state index >= 15 is 0 Å². The second-order valence-corrected chi connectivity index (χ2v) is 3.87. The SMILES string of the molecule is Fc1cnc2nc(Cc3ccccc3)[nH]c2c1. The normalized spacial score (nSPS) is 10.9. The molecule has 0 saturated carbocycles. The quantitative estimate of drug-likeness (QED) is 0.731. The third kappa shape index (κ3) is 2.01. The standard InChI is InChI=1S/C13H10FN3/c14-10-7-11-13(15-8-10)17-12(16-11)6-9-4-2-1-3-5-9/h1-5,7-8H,6H2,(H,15,16,17). The van der Waals surface area contributed by atoms with Crippen molar-refractivity contribution in [2.24, 2.45) is 0 Å². The van der Waals surface area contributed by atoms with Crippen molar-refractivity contribution in [1.82, 2.24) is 15.0 Å². The fourth-order valence-electron chi connectivity index (χ4n) is 1.80. The van der Waals surface area contributed by atoms with Gasteiger partial charge in [-0.15, -0.1) is 0 Å². The van der Waals surface area contributed by atoms with Crippen LogP contribution in [0, 0.1) is 5.82 Å². The Labute approximate surface area is 97.3 Å². The number of rotatable bonds is 2. The number of benzene rings is 1. The summed E-state index contributed by atoms with van der Waals surface area (Å²) in [7, 11) is 0. The van der Waals surface area contributed by atoms with Crippen LogP contribution in [-0.2, 0) is 6.42 Å². The minimum atomic E-state index is -0.354. The van der Waals surface area contributed by atoms with E-state index in [1.807, 2.05) is 30.3 Å². The van der Waals surface area contributed by atoms with Gasteiger partial charge in [-0.2, -0.15) is 0 Å². The van der Waals surface area contributed by atoms with E-state index in [9.17, 15) is 4.39 Å². The highest BCUT2D eigenvalue weighted by Gasteiger charge is 2.05. The lowest BCUT2D eigenvalue weighted by Gasteiger charge is -1.95. The number of nitrogens with zero attached hydrogens (tertiary/aromatic N) is 2. The molecule has 0 bridgehead atoms. The van der Waals surface area contributed by atoms with Crippen molar-refractivity contribution in [2.75, 3.05) is 0 Å². The van der Waals surface area contributed by atoms with Gasteiger partial charge < -0.3 is 4.98 Å². The molecule has 3 aromatic rings. The van der Waals surface area contributed by atoms with Crippen LogP contribution in [0.3, 0.4) is 0 Å². The molecule has 0 spiro atoms. The summed E-state index contributed by atoms with van der Waals surface area (Å²) in [5, 5.41) is 0. The highest BCUT2D eigenvalue weighted by Crippen LogP contribution is 2.12. The molecule has 0 aliphatic heterocycles. The summed E-state index contributed by atoms with van der Waals surface area (Å²) in [6.45, 7) is 0. The minimum absolute atomic E-state index is 0.354. The number of pyridine rings is 1. The summed E-state index contributed by atoms with van der Waals surface area (Å²) in [6.07, 6.45) is 1.87. The first-order valence-electron chi connectivity index (χ1n) is 5.35. The summed E-state index contributed by atoms with van der Waals surface area (Å²) < 4.78 is 13.0. The fraction of sp³-hybridized carbons (Fsp3) is 0.0769. The van der Waals surface area contributed by atoms with Crippen molar-refractivity contribution in [3.8, 4) is 0 Å². The summed E-state index contributed by atoms with van der Waals surface area (Å²) in [5.74, 6) is 0.441. The van der Waals surface area contributed by atoms with Crippen LogP contribution in [0.25, 0.3) is 11.2 Å². The van der Waals surface area contributed by atoms with Gasteiger partial charge in [0.05, 0.1) is 11.7 Å². The maximum atomic E-state index is 13.0. The van der Waals surface area contributed by atoms with Crippen LogP contribution in [0.1, 0.15) is 11.4 Å². The minimum Gasteiger partial charge on any atom is -0.340 e. The largest absolute Gasteiger partial charge is 0.340 e. The van der Waals surface area contributed by atoms with Gasteiger partial charge in [0.1, 0.15) is 11.6 Å². The number of hydrogen-bond donors (Lipinski definition) is 1. The van der Waals surface area contributed by atoms with Crippen LogP contribution in [0.15, 0.2) is 42.6 Å². The second kappa shape index (κ2) is 3.97. The predicted octanol–water partition coefficient (Wildman–Crippen LogP) is 2.69. The molecule has 0 aliphatic rings. The molecule has 0 aliphatic carbocycles. The van der Waals surface area contributed by atoms with Gasteiger partial charge in [-0.05, 0) is 5.56 Å². The van der Waals surface area contributed by atoms with E-state index in [0.29, 0.717) is 17.6 Å². The van der Waals surface area contributed by atoms with Crippen molar-refractivity contribution in [3.63, 3.8) is 0 Å². The molecule has 17 heavy (non-hydrogen) atoms. The smallest absolute Gasteiger partial charge is 0.177 e. The summed E-state index contributed by atoms with van der Waals surface area (Å²) in [4.78, 5) is 11.3. The zero-order valence-electron chi connectivity index (χ0n) is 9.02. The van der Waals surface area contributed by atoms with Gasteiger partial charge in [0, 0.05) is 12.5 Å².